The number of ether oxygens (including phenoxy) is 1. The van der Waals surface area contributed by atoms with Crippen molar-refractivity contribution in [3.63, 3.8) is 0 Å². The number of aromatic nitrogens is 1. The van der Waals surface area contributed by atoms with E-state index in [0.717, 1.165) is 16.2 Å². The summed E-state index contributed by atoms with van der Waals surface area (Å²) >= 11 is 0. The molecular formula is C34H26F2N2O5. The largest absolute Gasteiger partial charge is 0.481 e. The lowest BCUT2D eigenvalue weighted by Gasteiger charge is -2.25. The van der Waals surface area contributed by atoms with Gasteiger partial charge in [-0.05, 0) is 77.7 Å². The number of hydrogen-bond donors (Lipinski definition) is 2. The third-order valence-corrected chi connectivity index (χ3v) is 7.70. The zero-order valence-electron chi connectivity index (χ0n) is 23.2. The molecule has 0 saturated heterocycles. The molecule has 0 unspecified atom stereocenters. The number of carboxylic acid groups (broad SMARTS) is 1. The summed E-state index contributed by atoms with van der Waals surface area (Å²) in [5, 5.41) is 13.6. The molecule has 1 aliphatic rings. The molecule has 0 saturated carbocycles. The Morgan fingerprint density at radius 3 is 2.44 bits per heavy atom. The normalized spacial score (nSPS) is 16.2. The Morgan fingerprint density at radius 1 is 0.907 bits per heavy atom. The Labute approximate surface area is 245 Å². The monoisotopic (exact) mass is 580 g/mol. The molecule has 43 heavy (non-hydrogen) atoms. The molecule has 2 atom stereocenters. The highest BCUT2D eigenvalue weighted by Gasteiger charge is 2.32. The fourth-order valence-electron chi connectivity index (χ4n) is 5.68. The number of aliphatic carboxylic acids is 1. The van der Waals surface area contributed by atoms with E-state index < -0.39 is 47.6 Å². The van der Waals surface area contributed by atoms with Crippen molar-refractivity contribution in [3.8, 4) is 22.6 Å². The van der Waals surface area contributed by atoms with Gasteiger partial charge >= 0.3 is 5.97 Å². The second-order valence-electron chi connectivity index (χ2n) is 10.6. The van der Waals surface area contributed by atoms with Crippen molar-refractivity contribution >= 4 is 22.6 Å². The van der Waals surface area contributed by atoms with Gasteiger partial charge in [0.25, 0.3) is 5.56 Å². The number of carbonyl (C=O) groups is 2. The molecule has 9 heteroatoms. The fourth-order valence-corrected chi connectivity index (χ4v) is 5.68. The molecule has 1 amide bonds. The van der Waals surface area contributed by atoms with Crippen molar-refractivity contribution in [3.05, 3.63) is 129 Å². The summed E-state index contributed by atoms with van der Waals surface area (Å²) < 4.78 is 38.7. The summed E-state index contributed by atoms with van der Waals surface area (Å²) in [5.41, 5.74) is 1.37. The quantitative estimate of drug-likeness (QED) is 0.251. The van der Waals surface area contributed by atoms with Gasteiger partial charge in [0.2, 0.25) is 5.91 Å². The fraction of sp³-hybridized carbons (Fsp3) is 0.147. The first kappa shape index (κ1) is 27.8. The Bertz CT molecular complexity index is 2000. The Hall–Kier alpha value is -5.31. The highest BCUT2D eigenvalue weighted by Crippen LogP contribution is 2.40. The number of nitrogens with zero attached hydrogens (tertiary/aromatic N) is 1. The number of hydrogen-bond acceptors (Lipinski definition) is 4. The molecule has 7 nitrogen and oxygen atoms in total. The van der Waals surface area contributed by atoms with E-state index in [1.54, 1.807) is 49.4 Å². The van der Waals surface area contributed by atoms with Gasteiger partial charge in [-0.25, -0.2) is 8.78 Å². The maximum atomic E-state index is 15.7. The van der Waals surface area contributed by atoms with E-state index in [9.17, 15) is 19.5 Å². The van der Waals surface area contributed by atoms with Gasteiger partial charge in [0.1, 0.15) is 29.2 Å². The van der Waals surface area contributed by atoms with Crippen molar-refractivity contribution in [2.45, 2.75) is 32.4 Å². The topological polar surface area (TPSA) is 97.6 Å². The SMILES string of the molecule is Cc1cc2cc(c1F)[C@@H](CC(=O)O)NC(=O)[C@@H](n1cc3ccccc3cc1=O)c1cc(ccc1F)Oc1cccc(C)c1-2. The van der Waals surface area contributed by atoms with Crippen molar-refractivity contribution in [1.82, 2.24) is 9.88 Å². The first-order valence-electron chi connectivity index (χ1n) is 13.6. The molecule has 1 aliphatic heterocycles. The molecule has 6 rings (SSSR count). The van der Waals surface area contributed by atoms with Crippen molar-refractivity contribution < 1.29 is 28.2 Å². The first-order chi connectivity index (χ1) is 20.6. The number of nitrogens with one attached hydrogen (secondary N) is 1. The Morgan fingerprint density at radius 2 is 1.67 bits per heavy atom. The van der Waals surface area contributed by atoms with Crippen molar-refractivity contribution in [2.75, 3.05) is 0 Å². The summed E-state index contributed by atoms with van der Waals surface area (Å²) in [5.74, 6) is -3.06. The minimum absolute atomic E-state index is 0.0593. The molecule has 0 spiro atoms. The van der Waals surface area contributed by atoms with E-state index >= 15 is 8.78 Å². The average molecular weight is 581 g/mol. The van der Waals surface area contributed by atoms with Crippen LogP contribution >= 0.6 is 0 Å². The Balaban J connectivity index is 1.65. The van der Waals surface area contributed by atoms with Crippen LogP contribution in [0.25, 0.3) is 21.9 Å². The predicted molar refractivity (Wildman–Crippen MR) is 157 cm³/mol. The minimum Gasteiger partial charge on any atom is -0.481 e. The van der Waals surface area contributed by atoms with Gasteiger partial charge in [0.15, 0.2) is 0 Å². The van der Waals surface area contributed by atoms with Crippen LogP contribution < -0.4 is 15.6 Å². The number of halogens is 2. The molecule has 2 heterocycles. The summed E-state index contributed by atoms with van der Waals surface area (Å²) in [7, 11) is 0. The van der Waals surface area contributed by atoms with Gasteiger partial charge in [0, 0.05) is 29.0 Å². The number of fused-ring (bicyclic) bond motifs is 7. The lowest BCUT2D eigenvalue weighted by atomic mass is 9.92. The molecule has 4 bridgehead atoms. The molecule has 0 radical (unpaired) electrons. The van der Waals surface area contributed by atoms with Gasteiger partial charge in [-0.3, -0.25) is 19.0 Å². The van der Waals surface area contributed by atoms with Crippen LogP contribution in [-0.2, 0) is 9.59 Å². The number of carbonyl (C=O) groups excluding carboxylic acids is 1. The van der Waals surface area contributed by atoms with Gasteiger partial charge in [-0.15, -0.1) is 0 Å². The van der Waals surface area contributed by atoms with E-state index in [2.05, 4.69) is 5.32 Å². The molecular weight excluding hydrogens is 554 g/mol. The van der Waals surface area contributed by atoms with Gasteiger partial charge in [-0.2, -0.15) is 0 Å². The van der Waals surface area contributed by atoms with Gasteiger partial charge in [0.05, 0.1) is 12.5 Å². The zero-order valence-corrected chi connectivity index (χ0v) is 23.2. The van der Waals surface area contributed by atoms with E-state index in [-0.39, 0.29) is 22.4 Å². The summed E-state index contributed by atoms with van der Waals surface area (Å²) in [4.78, 5) is 39.5. The number of aryl methyl sites for hydroxylation is 2. The van der Waals surface area contributed by atoms with Gasteiger partial charge < -0.3 is 15.2 Å². The number of rotatable bonds is 3. The highest BCUT2D eigenvalue weighted by molar-refractivity contribution is 5.87. The maximum Gasteiger partial charge on any atom is 0.305 e. The van der Waals surface area contributed by atoms with Crippen LogP contribution in [-0.4, -0.2) is 21.6 Å². The number of pyridine rings is 1. The second kappa shape index (κ2) is 10.8. The summed E-state index contributed by atoms with van der Waals surface area (Å²) in [6.07, 6.45) is 0.785. The average Bonchev–Trinajstić information content (AvgIpc) is 2.96. The van der Waals surface area contributed by atoms with Crippen LogP contribution in [0.5, 0.6) is 11.5 Å². The standard InChI is InChI=1S/C34H26F2N2O5/c1-18-6-5-9-28-31(18)22-12-19(2)32(36)25(13-22)27(16-30(40)41)37-34(42)33(24-15-23(43-28)10-11-26(24)35)38-17-21-8-4-3-7-20(21)14-29(38)39/h3-15,17,27,33H,16H2,1-2H3,(H,37,42)(H,40,41)/t27-,33+/m1/s1. The number of amides is 1. The molecule has 2 N–H and O–H groups in total. The third kappa shape index (κ3) is 5.14. The van der Waals surface area contributed by atoms with Crippen LogP contribution in [0.4, 0.5) is 8.78 Å². The third-order valence-electron chi connectivity index (χ3n) is 7.70. The predicted octanol–water partition coefficient (Wildman–Crippen LogP) is 6.59. The molecule has 5 aromatic rings. The van der Waals surface area contributed by atoms with Crippen LogP contribution in [0.2, 0.25) is 0 Å². The molecule has 0 aliphatic carbocycles. The van der Waals surface area contributed by atoms with E-state index in [4.69, 9.17) is 4.74 Å². The minimum atomic E-state index is -1.58. The summed E-state index contributed by atoms with van der Waals surface area (Å²) in [6.45, 7) is 3.40. The smallest absolute Gasteiger partial charge is 0.305 e. The van der Waals surface area contributed by atoms with Crippen molar-refractivity contribution in [2.24, 2.45) is 0 Å². The van der Waals surface area contributed by atoms with E-state index in [0.29, 0.717) is 27.6 Å². The lowest BCUT2D eigenvalue weighted by molar-refractivity contribution is -0.137. The molecule has 1 aromatic heterocycles. The van der Waals surface area contributed by atoms with Crippen LogP contribution in [0.1, 0.15) is 40.8 Å². The zero-order chi connectivity index (χ0) is 30.4. The first-order valence-corrected chi connectivity index (χ1v) is 13.6. The molecule has 216 valence electrons. The molecule has 0 fully saturated rings. The van der Waals surface area contributed by atoms with E-state index in [1.807, 2.05) is 13.0 Å². The molecule has 4 aromatic carbocycles. The van der Waals surface area contributed by atoms with Crippen LogP contribution in [0, 0.1) is 25.5 Å². The van der Waals surface area contributed by atoms with Crippen LogP contribution in [0.3, 0.4) is 0 Å². The lowest BCUT2D eigenvalue weighted by Crippen LogP contribution is -2.40. The van der Waals surface area contributed by atoms with Crippen molar-refractivity contribution in [1.29, 1.82) is 0 Å². The number of benzene rings is 4. The number of carboxylic acids is 1. The van der Waals surface area contributed by atoms with Crippen LogP contribution in [0.15, 0.2) is 89.9 Å². The maximum absolute atomic E-state index is 15.7. The highest BCUT2D eigenvalue weighted by atomic mass is 19.1. The second-order valence-corrected chi connectivity index (χ2v) is 10.6. The van der Waals surface area contributed by atoms with Gasteiger partial charge in [-0.1, -0.05) is 36.4 Å². The summed E-state index contributed by atoms with van der Waals surface area (Å²) in [6, 6.07) is 17.8. The Kier molecular flexibility index (Phi) is 7.01. The van der Waals surface area contributed by atoms with E-state index in [1.165, 1.54) is 30.5 Å².